The molecule has 0 rings (SSSR count). The Morgan fingerprint density at radius 3 is 1.45 bits per heavy atom. The summed E-state index contributed by atoms with van der Waals surface area (Å²) in [5, 5.41) is 9.63. The Kier molecular flexibility index (Phi) is 40.2. The van der Waals surface area contributed by atoms with E-state index in [1.165, 1.54) is 89.9 Å². The molecule has 0 aromatic rings. The second kappa shape index (κ2) is 42.5. The first-order valence-corrected chi connectivity index (χ1v) is 24.0. The van der Waals surface area contributed by atoms with Crippen molar-refractivity contribution < 1.29 is 38.2 Å². The third-order valence-corrected chi connectivity index (χ3v) is 10.3. The fraction of sp³-hybridized carbons (Fsp3) is 0.712. The van der Waals surface area contributed by atoms with Crippen LogP contribution >= 0.6 is 0 Å². The molecule has 0 amide bonds. The Hall–Kier alpha value is -3.23. The molecule has 0 spiro atoms. The minimum atomic E-state index is -0.886. The molecule has 8 nitrogen and oxygen atoms in total. The number of quaternary nitrogens is 1. The first kappa shape index (κ1) is 56.8. The van der Waals surface area contributed by atoms with E-state index in [-0.39, 0.29) is 42.7 Å². The lowest BCUT2D eigenvalue weighted by Crippen LogP contribution is -2.50. The molecule has 0 aliphatic rings. The molecule has 0 heterocycles. The van der Waals surface area contributed by atoms with Gasteiger partial charge in [0.05, 0.1) is 34.4 Å². The highest BCUT2D eigenvalue weighted by Crippen LogP contribution is 2.14. The van der Waals surface area contributed by atoms with Gasteiger partial charge in [-0.1, -0.05) is 164 Å². The van der Waals surface area contributed by atoms with Crippen LogP contribution in [-0.4, -0.2) is 80.6 Å². The van der Waals surface area contributed by atoms with E-state index < -0.39 is 18.1 Å². The maximum atomic E-state index is 12.7. The number of allylic oxidation sites excluding steroid dienone is 12. The van der Waals surface area contributed by atoms with E-state index in [1.54, 1.807) is 0 Å². The number of hydrogen-bond donors (Lipinski definition) is 1. The van der Waals surface area contributed by atoms with Crippen molar-refractivity contribution in [2.75, 3.05) is 41.0 Å². The van der Waals surface area contributed by atoms with Crippen LogP contribution in [0.15, 0.2) is 72.9 Å². The van der Waals surface area contributed by atoms with Crippen molar-refractivity contribution in [2.45, 2.75) is 199 Å². The monoisotopic (exact) mass is 841 g/mol. The molecule has 0 bridgehead atoms. The molecule has 8 heteroatoms. The highest BCUT2D eigenvalue weighted by molar-refractivity contribution is 5.72. The summed E-state index contributed by atoms with van der Waals surface area (Å²) in [4.78, 5) is 37.1. The van der Waals surface area contributed by atoms with Gasteiger partial charge in [-0.05, 0) is 77.0 Å². The molecule has 344 valence electrons. The van der Waals surface area contributed by atoms with Gasteiger partial charge in [0.1, 0.15) is 6.61 Å². The van der Waals surface area contributed by atoms with Gasteiger partial charge in [0.15, 0.2) is 12.1 Å². The smallest absolute Gasteiger partial charge is 0.362 e. The number of unbranched alkanes of at least 4 members (excludes halogenated alkanes) is 16. The van der Waals surface area contributed by atoms with Crippen LogP contribution in [0.1, 0.15) is 187 Å². The minimum absolute atomic E-state index is 0.0349. The standard InChI is InChI=1S/C52H89NO7/c1-6-8-10-12-14-16-18-20-22-24-25-27-28-30-32-34-36-38-40-42-50(54)59-47-48(46-58-45-44-49(52(56)57)53(3,4)5)60-51(55)43-41-39-37-35-33-31-29-26-23-21-19-17-15-13-11-9-7-2/h9,11,15,17,20-23,29,31,35,37,48-49H,6-8,10,12-14,16,18-19,24-28,30,32-34,36,38-47H2,1-5H3/p+1/b11-9-,17-15-,22-20-,23-21-,31-29-,37-35-. The van der Waals surface area contributed by atoms with Gasteiger partial charge in [0, 0.05) is 19.3 Å². The van der Waals surface area contributed by atoms with Gasteiger partial charge in [0.2, 0.25) is 0 Å². The predicted molar refractivity (Wildman–Crippen MR) is 252 cm³/mol. The number of carboxylic acids is 1. The molecular formula is C52H90NO7+. The molecule has 60 heavy (non-hydrogen) atoms. The molecule has 0 aromatic carbocycles. The lowest BCUT2D eigenvalue weighted by atomic mass is 10.1. The summed E-state index contributed by atoms with van der Waals surface area (Å²) < 4.78 is 17.3. The van der Waals surface area contributed by atoms with Crippen LogP contribution in [0.25, 0.3) is 0 Å². The lowest BCUT2D eigenvalue weighted by molar-refractivity contribution is -0.887. The van der Waals surface area contributed by atoms with Gasteiger partial charge in [0.25, 0.3) is 0 Å². The van der Waals surface area contributed by atoms with Gasteiger partial charge in [-0.15, -0.1) is 0 Å². The molecule has 0 aliphatic carbocycles. The van der Waals surface area contributed by atoms with Crippen LogP contribution in [0.5, 0.6) is 0 Å². The zero-order chi connectivity index (χ0) is 44.2. The van der Waals surface area contributed by atoms with Crippen molar-refractivity contribution >= 4 is 17.9 Å². The van der Waals surface area contributed by atoms with Crippen LogP contribution in [0, 0.1) is 0 Å². The number of hydrogen-bond acceptors (Lipinski definition) is 6. The summed E-state index contributed by atoms with van der Waals surface area (Å²) >= 11 is 0. The number of carbonyl (C=O) groups excluding carboxylic acids is 2. The Bertz CT molecular complexity index is 1210. The summed E-state index contributed by atoms with van der Waals surface area (Å²) in [6.45, 7) is 4.56. The summed E-state index contributed by atoms with van der Waals surface area (Å²) in [6, 6.07) is -0.628. The average Bonchev–Trinajstić information content (AvgIpc) is 3.21. The molecule has 0 saturated carbocycles. The summed E-state index contributed by atoms with van der Waals surface area (Å²) in [6.07, 6.45) is 53.8. The second-order valence-corrected chi connectivity index (χ2v) is 17.0. The molecule has 2 unspecified atom stereocenters. The van der Waals surface area contributed by atoms with Crippen LogP contribution in [0.4, 0.5) is 0 Å². The largest absolute Gasteiger partial charge is 0.477 e. The third-order valence-electron chi connectivity index (χ3n) is 10.3. The van der Waals surface area contributed by atoms with E-state index in [0.717, 1.165) is 57.8 Å². The van der Waals surface area contributed by atoms with Crippen LogP contribution in [0.3, 0.4) is 0 Å². The highest BCUT2D eigenvalue weighted by atomic mass is 16.6. The SMILES string of the molecule is CC/C=C\C/C=C\C/C=C\C/C=C\C/C=C\CCCC(=O)OC(COCCC(C(=O)O)[N+](C)(C)C)COC(=O)CCCCCCCCCCC/C=C\CCCCCCCC. The van der Waals surface area contributed by atoms with E-state index in [2.05, 4.69) is 86.8 Å². The van der Waals surface area contributed by atoms with Gasteiger partial charge in [-0.3, -0.25) is 9.59 Å². The van der Waals surface area contributed by atoms with Crippen molar-refractivity contribution in [3.05, 3.63) is 72.9 Å². The normalized spacial score (nSPS) is 13.6. The van der Waals surface area contributed by atoms with Gasteiger partial charge in [-0.25, -0.2) is 4.79 Å². The van der Waals surface area contributed by atoms with Gasteiger partial charge < -0.3 is 23.8 Å². The minimum Gasteiger partial charge on any atom is -0.477 e. The molecule has 0 fully saturated rings. The predicted octanol–water partition coefficient (Wildman–Crippen LogP) is 13.5. The van der Waals surface area contributed by atoms with Gasteiger partial charge in [-0.2, -0.15) is 0 Å². The van der Waals surface area contributed by atoms with Gasteiger partial charge >= 0.3 is 17.9 Å². The van der Waals surface area contributed by atoms with Crippen LogP contribution in [-0.2, 0) is 28.6 Å². The molecule has 1 N–H and O–H groups in total. The van der Waals surface area contributed by atoms with Crippen molar-refractivity contribution in [3.8, 4) is 0 Å². The lowest BCUT2D eigenvalue weighted by Gasteiger charge is -2.31. The van der Waals surface area contributed by atoms with E-state index in [1.807, 2.05) is 21.1 Å². The molecule has 0 radical (unpaired) electrons. The number of esters is 2. The fourth-order valence-corrected chi connectivity index (χ4v) is 6.65. The fourth-order valence-electron chi connectivity index (χ4n) is 6.65. The van der Waals surface area contributed by atoms with E-state index in [0.29, 0.717) is 19.3 Å². The topological polar surface area (TPSA) is 99.1 Å². The zero-order valence-corrected chi connectivity index (χ0v) is 39.1. The quantitative estimate of drug-likeness (QED) is 0.0283. The number of ether oxygens (including phenoxy) is 3. The first-order valence-electron chi connectivity index (χ1n) is 24.0. The summed E-state index contributed by atoms with van der Waals surface area (Å²) in [7, 11) is 5.50. The number of carboxylic acid groups (broad SMARTS) is 1. The Balaban J connectivity index is 4.38. The number of carbonyl (C=O) groups is 3. The second-order valence-electron chi connectivity index (χ2n) is 17.0. The highest BCUT2D eigenvalue weighted by Gasteiger charge is 2.31. The number of aliphatic carboxylic acids is 1. The average molecular weight is 841 g/mol. The number of nitrogens with zero attached hydrogens (tertiary/aromatic N) is 1. The summed E-state index contributed by atoms with van der Waals surface area (Å²) in [5.41, 5.74) is 0. The Morgan fingerprint density at radius 1 is 0.517 bits per heavy atom. The maximum Gasteiger partial charge on any atom is 0.362 e. The molecule has 2 atom stereocenters. The van der Waals surface area contributed by atoms with Crippen molar-refractivity contribution in [3.63, 3.8) is 0 Å². The maximum absolute atomic E-state index is 12.7. The molecule has 0 aliphatic heterocycles. The Labute approximate surface area is 368 Å². The first-order chi connectivity index (χ1) is 29.1. The van der Waals surface area contributed by atoms with Crippen molar-refractivity contribution in [2.24, 2.45) is 0 Å². The van der Waals surface area contributed by atoms with Crippen LogP contribution < -0.4 is 0 Å². The van der Waals surface area contributed by atoms with E-state index in [9.17, 15) is 19.5 Å². The van der Waals surface area contributed by atoms with Crippen molar-refractivity contribution in [1.82, 2.24) is 0 Å². The molecular weight excluding hydrogens is 751 g/mol. The number of rotatable bonds is 42. The third kappa shape index (κ3) is 40.2. The zero-order valence-electron chi connectivity index (χ0n) is 39.1. The van der Waals surface area contributed by atoms with Crippen LogP contribution in [0.2, 0.25) is 0 Å². The van der Waals surface area contributed by atoms with E-state index in [4.69, 9.17) is 14.2 Å². The van der Waals surface area contributed by atoms with Crippen molar-refractivity contribution in [1.29, 1.82) is 0 Å². The number of likely N-dealkylation sites (N-methyl/N-ethyl adjacent to an activating group) is 1. The Morgan fingerprint density at radius 2 is 0.950 bits per heavy atom. The van der Waals surface area contributed by atoms with E-state index >= 15 is 0 Å². The summed E-state index contributed by atoms with van der Waals surface area (Å²) in [5.74, 6) is -1.55. The molecule has 0 aromatic heterocycles. The molecule has 0 saturated heterocycles.